The van der Waals surface area contributed by atoms with Crippen LogP contribution >= 0.6 is 0 Å². The number of nitrogens with one attached hydrogen (secondary N) is 1. The van der Waals surface area contributed by atoms with E-state index >= 15 is 0 Å². The highest BCUT2D eigenvalue weighted by atomic mass is 32.2. The summed E-state index contributed by atoms with van der Waals surface area (Å²) in [6.07, 6.45) is -2.85. The molecule has 0 aromatic heterocycles. The van der Waals surface area contributed by atoms with Crippen LogP contribution < -0.4 is 14.4 Å². The molecule has 182 valence electrons. The van der Waals surface area contributed by atoms with Gasteiger partial charge in [-0.2, -0.15) is 13.2 Å². The molecule has 10 heteroatoms. The van der Waals surface area contributed by atoms with Crippen LogP contribution in [0.1, 0.15) is 48.9 Å². The van der Waals surface area contributed by atoms with Crippen molar-refractivity contribution in [1.82, 2.24) is 5.32 Å². The zero-order valence-electron chi connectivity index (χ0n) is 19.1. The summed E-state index contributed by atoms with van der Waals surface area (Å²) in [5, 5.41) is 2.93. The average molecular weight is 487 g/mol. The zero-order chi connectivity index (χ0) is 24.8. The van der Waals surface area contributed by atoms with Crippen LogP contribution in [0.5, 0.6) is 5.75 Å². The first-order valence-electron chi connectivity index (χ1n) is 10.5. The molecule has 0 bridgehead atoms. The van der Waals surface area contributed by atoms with Crippen LogP contribution in [0.2, 0.25) is 0 Å². The smallest absolute Gasteiger partial charge is 0.416 e. The second kappa shape index (κ2) is 10.9. The van der Waals surface area contributed by atoms with E-state index in [0.29, 0.717) is 6.42 Å². The van der Waals surface area contributed by atoms with Gasteiger partial charge < -0.3 is 10.1 Å². The van der Waals surface area contributed by atoms with Crippen LogP contribution in [0.4, 0.5) is 18.9 Å². The zero-order valence-corrected chi connectivity index (χ0v) is 19.9. The molecule has 2 aromatic carbocycles. The predicted octanol–water partition coefficient (Wildman–Crippen LogP) is 4.84. The molecular weight excluding hydrogens is 457 g/mol. The third-order valence-electron chi connectivity index (χ3n) is 5.19. The Morgan fingerprint density at radius 2 is 1.88 bits per heavy atom. The maximum Gasteiger partial charge on any atom is 0.416 e. The average Bonchev–Trinajstić information content (AvgIpc) is 2.73. The molecule has 1 amide bonds. The molecule has 0 radical (unpaired) electrons. The summed E-state index contributed by atoms with van der Waals surface area (Å²) in [5.74, 6) is 0.475. The summed E-state index contributed by atoms with van der Waals surface area (Å²) >= 11 is 0. The van der Waals surface area contributed by atoms with Crippen molar-refractivity contribution in [1.29, 1.82) is 0 Å². The van der Waals surface area contributed by atoms with Gasteiger partial charge in [0.15, 0.2) is 0 Å². The quantitative estimate of drug-likeness (QED) is 0.522. The number of alkyl halides is 3. The van der Waals surface area contributed by atoms with Crippen molar-refractivity contribution in [3.8, 4) is 5.75 Å². The van der Waals surface area contributed by atoms with E-state index in [0.717, 1.165) is 45.6 Å². The van der Waals surface area contributed by atoms with E-state index in [1.165, 1.54) is 6.07 Å². The van der Waals surface area contributed by atoms with Crippen LogP contribution in [0.15, 0.2) is 42.5 Å². The van der Waals surface area contributed by atoms with Gasteiger partial charge in [-0.25, -0.2) is 8.42 Å². The van der Waals surface area contributed by atoms with Crippen molar-refractivity contribution in [2.24, 2.45) is 0 Å². The fraction of sp³-hybridized carbons (Fsp3) is 0.435. The van der Waals surface area contributed by atoms with Gasteiger partial charge >= 0.3 is 6.18 Å². The molecule has 6 nitrogen and oxygen atoms in total. The predicted molar refractivity (Wildman–Crippen MR) is 122 cm³/mol. The summed E-state index contributed by atoms with van der Waals surface area (Å²) in [6.45, 7) is 3.72. The lowest BCUT2D eigenvalue weighted by molar-refractivity contribution is -0.137. The van der Waals surface area contributed by atoms with Crippen LogP contribution in [0.3, 0.4) is 0 Å². The Labute approximate surface area is 192 Å². The van der Waals surface area contributed by atoms with Gasteiger partial charge in [-0.1, -0.05) is 25.1 Å². The number of nitrogens with zero attached hydrogens (tertiary/aromatic N) is 1. The molecular formula is C23H29F3N2O4S. The largest absolute Gasteiger partial charge is 0.496 e. The first kappa shape index (κ1) is 26.5. The number of hydrogen-bond acceptors (Lipinski definition) is 4. The van der Waals surface area contributed by atoms with Crippen molar-refractivity contribution in [3.05, 3.63) is 59.2 Å². The molecule has 0 aliphatic rings. The van der Waals surface area contributed by atoms with Crippen LogP contribution in [0, 0.1) is 6.92 Å². The van der Waals surface area contributed by atoms with Crippen LogP contribution in [0.25, 0.3) is 0 Å². The Morgan fingerprint density at radius 1 is 1.18 bits per heavy atom. The topological polar surface area (TPSA) is 75.7 Å². The summed E-state index contributed by atoms with van der Waals surface area (Å²) in [5.41, 5.74) is 0.832. The minimum Gasteiger partial charge on any atom is -0.496 e. The molecule has 0 unspecified atom stereocenters. The van der Waals surface area contributed by atoms with E-state index in [9.17, 15) is 26.4 Å². The van der Waals surface area contributed by atoms with E-state index in [1.807, 2.05) is 32.0 Å². The summed E-state index contributed by atoms with van der Waals surface area (Å²) in [7, 11) is -2.25. The van der Waals surface area contributed by atoms with Crippen LogP contribution in [-0.2, 0) is 21.0 Å². The molecule has 0 heterocycles. The van der Waals surface area contributed by atoms with Gasteiger partial charge in [-0.05, 0) is 55.2 Å². The minimum absolute atomic E-state index is 0.0244. The maximum atomic E-state index is 13.0. The summed E-state index contributed by atoms with van der Waals surface area (Å²) in [4.78, 5) is 12.5. The summed E-state index contributed by atoms with van der Waals surface area (Å²) < 4.78 is 69.6. The van der Waals surface area contributed by atoms with Gasteiger partial charge in [-0.3, -0.25) is 9.10 Å². The van der Waals surface area contributed by atoms with E-state index in [2.05, 4.69) is 5.32 Å². The third-order valence-corrected chi connectivity index (χ3v) is 6.39. The first-order chi connectivity index (χ1) is 15.4. The second-order valence-corrected chi connectivity index (χ2v) is 9.65. The van der Waals surface area contributed by atoms with E-state index < -0.39 is 21.8 Å². The number of benzene rings is 2. The number of anilines is 1. The Bertz CT molecular complexity index is 1070. The number of rotatable bonds is 10. The van der Waals surface area contributed by atoms with E-state index in [4.69, 9.17) is 4.74 Å². The van der Waals surface area contributed by atoms with Gasteiger partial charge in [0.2, 0.25) is 15.9 Å². The molecule has 0 spiro atoms. The van der Waals surface area contributed by atoms with Gasteiger partial charge in [0.25, 0.3) is 0 Å². The van der Waals surface area contributed by atoms with Gasteiger partial charge in [0.1, 0.15) is 5.75 Å². The number of carbonyl (C=O) groups is 1. The Balaban J connectivity index is 2.05. The van der Waals surface area contributed by atoms with Crippen molar-refractivity contribution < 1.29 is 31.1 Å². The lowest BCUT2D eigenvalue weighted by Crippen LogP contribution is -2.33. The number of halogens is 3. The summed E-state index contributed by atoms with van der Waals surface area (Å²) in [6, 6.07) is 9.55. The van der Waals surface area contributed by atoms with E-state index in [-0.39, 0.29) is 37.0 Å². The number of methoxy groups -OCH3 is 1. The highest BCUT2D eigenvalue weighted by Crippen LogP contribution is 2.32. The van der Waals surface area contributed by atoms with Crippen molar-refractivity contribution in [2.45, 2.75) is 45.3 Å². The number of aryl methyl sites for hydroxylation is 1. The molecule has 0 aliphatic carbocycles. The Kier molecular flexibility index (Phi) is 8.76. The molecule has 0 saturated heterocycles. The molecule has 2 aromatic rings. The van der Waals surface area contributed by atoms with Gasteiger partial charge in [-0.15, -0.1) is 0 Å². The van der Waals surface area contributed by atoms with Crippen LogP contribution in [-0.4, -0.2) is 34.2 Å². The van der Waals surface area contributed by atoms with Gasteiger partial charge in [0, 0.05) is 13.0 Å². The molecule has 0 aliphatic heterocycles. The Hall–Kier alpha value is -2.75. The van der Waals surface area contributed by atoms with Crippen molar-refractivity contribution in [2.75, 3.05) is 24.2 Å². The highest BCUT2D eigenvalue weighted by Gasteiger charge is 2.31. The first-order valence-corrected chi connectivity index (χ1v) is 12.3. The standard InChI is InChI=1S/C23H29F3N2O4S/c1-5-20(17-11-12-21(32-3)16(2)14-17)27-22(29)10-7-13-28(33(4,30)31)19-9-6-8-18(15-19)23(24,25)26/h6,8-9,11-12,14-15,20H,5,7,10,13H2,1-4H3,(H,27,29)/t20-/m0/s1. The van der Waals surface area contributed by atoms with Crippen molar-refractivity contribution in [3.63, 3.8) is 0 Å². The maximum absolute atomic E-state index is 13.0. The number of sulfonamides is 1. The molecule has 33 heavy (non-hydrogen) atoms. The normalized spacial score (nSPS) is 12.8. The number of carbonyl (C=O) groups excluding carboxylic acids is 1. The second-order valence-electron chi connectivity index (χ2n) is 7.74. The fourth-order valence-electron chi connectivity index (χ4n) is 3.51. The monoisotopic (exact) mass is 486 g/mol. The van der Waals surface area contributed by atoms with Gasteiger partial charge in [0.05, 0.1) is 30.7 Å². The Morgan fingerprint density at radius 3 is 2.42 bits per heavy atom. The van der Waals surface area contributed by atoms with Crippen molar-refractivity contribution >= 4 is 21.6 Å². The third kappa shape index (κ3) is 7.38. The lowest BCUT2D eigenvalue weighted by Gasteiger charge is -2.23. The lowest BCUT2D eigenvalue weighted by atomic mass is 10.0. The molecule has 1 N–H and O–H groups in total. The number of amides is 1. The van der Waals surface area contributed by atoms with E-state index in [1.54, 1.807) is 7.11 Å². The molecule has 1 atom stereocenters. The minimum atomic E-state index is -4.59. The molecule has 0 fully saturated rings. The SMILES string of the molecule is CC[C@H](NC(=O)CCCN(c1cccc(C(F)(F)F)c1)S(C)(=O)=O)c1ccc(OC)c(C)c1. The number of ether oxygens (including phenoxy) is 1. The highest BCUT2D eigenvalue weighted by molar-refractivity contribution is 7.92. The number of hydrogen-bond donors (Lipinski definition) is 1. The fourth-order valence-corrected chi connectivity index (χ4v) is 4.47. The molecule has 0 saturated carbocycles. The molecule has 2 rings (SSSR count).